The normalized spacial score (nSPS) is 11.5. The third kappa shape index (κ3) is 2.64. The minimum atomic E-state index is -0.166. The van der Waals surface area contributed by atoms with E-state index in [-0.39, 0.29) is 11.9 Å². The van der Waals surface area contributed by atoms with E-state index < -0.39 is 0 Å². The molecule has 6 nitrogen and oxygen atoms in total. The van der Waals surface area contributed by atoms with Crippen LogP contribution in [0.2, 0.25) is 0 Å². The molecule has 0 fully saturated rings. The van der Waals surface area contributed by atoms with E-state index in [9.17, 15) is 4.79 Å². The molecule has 7 heteroatoms. The van der Waals surface area contributed by atoms with Gasteiger partial charge in [-0.2, -0.15) is 5.10 Å². The van der Waals surface area contributed by atoms with Crippen LogP contribution in [-0.4, -0.2) is 25.1 Å². The lowest BCUT2D eigenvalue weighted by Crippen LogP contribution is -2.24. The summed E-state index contributed by atoms with van der Waals surface area (Å²) in [6.45, 7) is 8.51. The first-order valence-corrected chi connectivity index (χ1v) is 8.04. The molecule has 0 aliphatic heterocycles. The van der Waals surface area contributed by atoms with Crippen molar-refractivity contribution < 1.29 is 4.79 Å². The van der Waals surface area contributed by atoms with Crippen LogP contribution in [0.15, 0.2) is 18.5 Å². The second kappa shape index (κ2) is 5.57. The highest BCUT2D eigenvalue weighted by Crippen LogP contribution is 2.20. The molecule has 3 aromatic heterocycles. The number of hydrogen-bond acceptors (Lipinski definition) is 4. The van der Waals surface area contributed by atoms with Gasteiger partial charge in [0.05, 0.1) is 17.9 Å². The maximum Gasteiger partial charge on any atom is 0.272 e. The molecular weight excluding hydrogens is 298 g/mol. The summed E-state index contributed by atoms with van der Waals surface area (Å²) in [5.74, 6) is -0.166. The van der Waals surface area contributed by atoms with Crippen molar-refractivity contribution in [3.05, 3.63) is 40.4 Å². The third-order valence-electron chi connectivity index (χ3n) is 3.53. The molecule has 0 radical (unpaired) electrons. The number of carbonyl (C=O) groups is 1. The zero-order valence-electron chi connectivity index (χ0n) is 13.1. The van der Waals surface area contributed by atoms with Crippen LogP contribution in [0.25, 0.3) is 4.96 Å². The number of aryl methyl sites for hydroxylation is 2. The van der Waals surface area contributed by atoms with E-state index in [1.165, 1.54) is 4.88 Å². The van der Waals surface area contributed by atoms with Crippen LogP contribution >= 0.6 is 11.3 Å². The summed E-state index contributed by atoms with van der Waals surface area (Å²) < 4.78 is 3.82. The van der Waals surface area contributed by atoms with E-state index in [4.69, 9.17) is 0 Å². The molecule has 0 atom stereocenters. The first-order valence-electron chi connectivity index (χ1n) is 7.23. The molecule has 0 spiro atoms. The lowest BCUT2D eigenvalue weighted by atomic mass is 10.3. The zero-order chi connectivity index (χ0) is 15.9. The number of imidazole rings is 1. The van der Waals surface area contributed by atoms with Gasteiger partial charge in [0, 0.05) is 23.3 Å². The van der Waals surface area contributed by atoms with Crippen LogP contribution in [0.4, 0.5) is 0 Å². The van der Waals surface area contributed by atoms with Crippen molar-refractivity contribution in [2.24, 2.45) is 0 Å². The van der Waals surface area contributed by atoms with Crippen molar-refractivity contribution in [1.29, 1.82) is 0 Å². The van der Waals surface area contributed by atoms with E-state index in [2.05, 4.69) is 28.5 Å². The molecule has 3 rings (SSSR count). The van der Waals surface area contributed by atoms with Gasteiger partial charge in [0.25, 0.3) is 5.91 Å². The lowest BCUT2D eigenvalue weighted by Gasteiger charge is -2.05. The standard InChI is InChI=1S/C15H19N5OS/c1-9(2)20-6-5-12(18-20)14(21)16-7-13-11(4)17-15-19(13)8-10(3)22-15/h5-6,8-9H,7H2,1-4H3,(H,16,21). The fourth-order valence-corrected chi connectivity index (χ4v) is 3.21. The Bertz CT molecular complexity index is 826. The zero-order valence-corrected chi connectivity index (χ0v) is 13.9. The predicted octanol–water partition coefficient (Wildman–Crippen LogP) is 2.72. The number of thiazole rings is 1. The van der Waals surface area contributed by atoms with Gasteiger partial charge in [-0.1, -0.05) is 0 Å². The van der Waals surface area contributed by atoms with E-state index in [0.29, 0.717) is 12.2 Å². The fraction of sp³-hybridized carbons (Fsp3) is 0.400. The van der Waals surface area contributed by atoms with E-state index in [1.54, 1.807) is 22.1 Å². The van der Waals surface area contributed by atoms with E-state index in [0.717, 1.165) is 16.3 Å². The molecule has 0 saturated heterocycles. The number of amides is 1. The highest BCUT2D eigenvalue weighted by molar-refractivity contribution is 7.17. The first kappa shape index (κ1) is 14.8. The van der Waals surface area contributed by atoms with Gasteiger partial charge in [0.1, 0.15) is 5.69 Å². The Kier molecular flexibility index (Phi) is 3.74. The monoisotopic (exact) mass is 317 g/mol. The summed E-state index contributed by atoms with van der Waals surface area (Å²) in [5.41, 5.74) is 2.39. The fourth-order valence-electron chi connectivity index (χ4n) is 2.32. The van der Waals surface area contributed by atoms with Crippen LogP contribution in [0.3, 0.4) is 0 Å². The Balaban J connectivity index is 1.75. The Morgan fingerprint density at radius 1 is 1.41 bits per heavy atom. The van der Waals surface area contributed by atoms with Crippen LogP contribution in [0.1, 0.15) is 46.6 Å². The van der Waals surface area contributed by atoms with Crippen LogP contribution < -0.4 is 5.32 Å². The van der Waals surface area contributed by atoms with Crippen LogP contribution in [0, 0.1) is 13.8 Å². The topological polar surface area (TPSA) is 64.2 Å². The quantitative estimate of drug-likeness (QED) is 0.804. The van der Waals surface area contributed by atoms with Crippen molar-refractivity contribution in [2.45, 2.75) is 40.3 Å². The third-order valence-corrected chi connectivity index (χ3v) is 4.43. The Labute approximate surface area is 132 Å². The van der Waals surface area contributed by atoms with Gasteiger partial charge >= 0.3 is 0 Å². The summed E-state index contributed by atoms with van der Waals surface area (Å²) in [6.07, 6.45) is 3.87. The Morgan fingerprint density at radius 3 is 2.86 bits per heavy atom. The van der Waals surface area contributed by atoms with E-state index >= 15 is 0 Å². The largest absolute Gasteiger partial charge is 0.345 e. The number of nitrogens with zero attached hydrogens (tertiary/aromatic N) is 4. The van der Waals surface area contributed by atoms with Crippen LogP contribution in [-0.2, 0) is 6.54 Å². The molecule has 22 heavy (non-hydrogen) atoms. The minimum Gasteiger partial charge on any atom is -0.345 e. The number of carbonyl (C=O) groups excluding carboxylic acids is 1. The summed E-state index contributed by atoms with van der Waals surface area (Å²) >= 11 is 1.65. The maximum atomic E-state index is 12.2. The summed E-state index contributed by atoms with van der Waals surface area (Å²) in [7, 11) is 0. The lowest BCUT2D eigenvalue weighted by molar-refractivity contribution is 0.0944. The molecule has 3 aromatic rings. The van der Waals surface area contributed by atoms with Crippen molar-refractivity contribution in [2.75, 3.05) is 0 Å². The number of rotatable bonds is 4. The summed E-state index contributed by atoms with van der Waals surface area (Å²) in [4.78, 5) is 18.9. The molecule has 0 aliphatic rings. The number of nitrogens with one attached hydrogen (secondary N) is 1. The number of aromatic nitrogens is 4. The van der Waals surface area contributed by atoms with Gasteiger partial charge in [0.15, 0.2) is 4.96 Å². The smallest absolute Gasteiger partial charge is 0.272 e. The van der Waals surface area contributed by atoms with Gasteiger partial charge in [0.2, 0.25) is 0 Å². The average molecular weight is 317 g/mol. The average Bonchev–Trinajstić information content (AvgIpc) is 3.11. The molecule has 1 amide bonds. The van der Waals surface area contributed by atoms with Gasteiger partial charge in [-0.3, -0.25) is 13.9 Å². The van der Waals surface area contributed by atoms with Gasteiger partial charge < -0.3 is 5.32 Å². The Hall–Kier alpha value is -2.15. The van der Waals surface area contributed by atoms with Crippen molar-refractivity contribution in [1.82, 2.24) is 24.5 Å². The molecule has 0 saturated carbocycles. The van der Waals surface area contributed by atoms with E-state index in [1.807, 2.05) is 31.4 Å². The Morgan fingerprint density at radius 2 is 2.18 bits per heavy atom. The molecule has 0 bridgehead atoms. The van der Waals surface area contributed by atoms with Gasteiger partial charge in [-0.15, -0.1) is 11.3 Å². The number of fused-ring (bicyclic) bond motifs is 1. The molecule has 116 valence electrons. The molecule has 1 N–H and O–H groups in total. The molecule has 0 aromatic carbocycles. The highest BCUT2D eigenvalue weighted by Gasteiger charge is 2.14. The van der Waals surface area contributed by atoms with Gasteiger partial charge in [-0.25, -0.2) is 4.98 Å². The minimum absolute atomic E-state index is 0.166. The molecule has 3 heterocycles. The van der Waals surface area contributed by atoms with Crippen molar-refractivity contribution in [3.63, 3.8) is 0 Å². The van der Waals surface area contributed by atoms with Crippen molar-refractivity contribution >= 4 is 22.2 Å². The van der Waals surface area contributed by atoms with Gasteiger partial charge in [-0.05, 0) is 33.8 Å². The first-order chi connectivity index (χ1) is 10.5. The SMILES string of the molecule is Cc1cn2c(CNC(=O)c3ccn(C(C)C)n3)c(C)nc2s1. The summed E-state index contributed by atoms with van der Waals surface area (Å²) in [5, 5.41) is 7.21. The van der Waals surface area contributed by atoms with Crippen LogP contribution in [0.5, 0.6) is 0 Å². The second-order valence-electron chi connectivity index (χ2n) is 5.60. The molecule has 0 unspecified atom stereocenters. The maximum absolute atomic E-state index is 12.2. The molecule has 0 aliphatic carbocycles. The number of hydrogen-bond donors (Lipinski definition) is 1. The predicted molar refractivity (Wildman–Crippen MR) is 86.3 cm³/mol. The summed E-state index contributed by atoms with van der Waals surface area (Å²) in [6, 6.07) is 1.98. The second-order valence-corrected chi connectivity index (χ2v) is 6.81. The molecular formula is C15H19N5OS. The van der Waals surface area contributed by atoms with Crippen molar-refractivity contribution in [3.8, 4) is 0 Å². The highest BCUT2D eigenvalue weighted by atomic mass is 32.1.